The second kappa shape index (κ2) is 11.7. The van der Waals surface area contributed by atoms with Gasteiger partial charge in [-0.2, -0.15) is 0 Å². The predicted octanol–water partition coefficient (Wildman–Crippen LogP) is 0.870. The third-order valence-corrected chi connectivity index (χ3v) is 5.23. The van der Waals surface area contributed by atoms with E-state index in [2.05, 4.69) is 20.5 Å². The van der Waals surface area contributed by atoms with Gasteiger partial charge in [0.1, 0.15) is 0 Å². The molecule has 2 atom stereocenters. The van der Waals surface area contributed by atoms with Gasteiger partial charge >= 0.3 is 0 Å². The lowest BCUT2D eigenvalue weighted by atomic mass is 10.0. The Morgan fingerprint density at radius 2 is 2.07 bits per heavy atom. The Bertz CT molecular complexity index is 620. The van der Waals surface area contributed by atoms with E-state index in [4.69, 9.17) is 0 Å². The Balaban J connectivity index is 1.71. The van der Waals surface area contributed by atoms with Crippen molar-refractivity contribution in [1.29, 1.82) is 0 Å². The monoisotopic (exact) mass is 389 g/mol. The van der Waals surface area contributed by atoms with Gasteiger partial charge in [-0.1, -0.05) is 30.3 Å². The highest BCUT2D eigenvalue weighted by Gasteiger charge is 2.30. The lowest BCUT2D eigenvalue weighted by Gasteiger charge is -2.26. The van der Waals surface area contributed by atoms with Gasteiger partial charge in [0.05, 0.1) is 12.6 Å². The molecule has 0 spiro atoms. The van der Waals surface area contributed by atoms with Crippen LogP contribution in [0.25, 0.3) is 0 Å². The molecule has 156 valence electrons. The molecule has 1 heterocycles. The highest BCUT2D eigenvalue weighted by molar-refractivity contribution is 5.81. The Kier molecular flexibility index (Phi) is 9.23. The molecule has 28 heavy (non-hydrogen) atoms. The standard InChI is InChI=1S/C21H35N5O2/c1-22-21(24-15-18(16-27)17-9-5-4-6-10-17)23-12-8-14-26-13-7-11-19(26)20(28)25(2)3/h4-6,9-10,18-19,27H,7-8,11-16H2,1-3H3,(H2,22,23,24). The first kappa shape index (κ1) is 22.2. The number of aliphatic hydroxyl groups excluding tert-OH is 1. The highest BCUT2D eigenvalue weighted by Crippen LogP contribution is 2.18. The molecule has 1 aromatic carbocycles. The number of likely N-dealkylation sites (N-methyl/N-ethyl adjacent to an activating group) is 1. The van der Waals surface area contributed by atoms with Crippen molar-refractivity contribution in [3.63, 3.8) is 0 Å². The van der Waals surface area contributed by atoms with Crippen LogP contribution in [0.2, 0.25) is 0 Å². The van der Waals surface area contributed by atoms with Gasteiger partial charge in [-0.15, -0.1) is 0 Å². The molecule has 0 aliphatic carbocycles. The van der Waals surface area contributed by atoms with Crippen molar-refractivity contribution in [1.82, 2.24) is 20.4 Å². The number of aliphatic imine (C=N–C) groups is 1. The van der Waals surface area contributed by atoms with E-state index in [0.29, 0.717) is 6.54 Å². The summed E-state index contributed by atoms with van der Waals surface area (Å²) in [5, 5.41) is 16.3. The maximum Gasteiger partial charge on any atom is 0.239 e. The molecule has 1 saturated heterocycles. The third kappa shape index (κ3) is 6.49. The van der Waals surface area contributed by atoms with Crippen LogP contribution >= 0.6 is 0 Å². The van der Waals surface area contributed by atoms with Crippen LogP contribution in [-0.2, 0) is 4.79 Å². The number of benzene rings is 1. The van der Waals surface area contributed by atoms with Gasteiger partial charge in [0.25, 0.3) is 0 Å². The second-order valence-corrected chi connectivity index (χ2v) is 7.45. The fourth-order valence-corrected chi connectivity index (χ4v) is 3.61. The lowest BCUT2D eigenvalue weighted by Crippen LogP contribution is -2.44. The molecule has 7 nitrogen and oxygen atoms in total. The molecular weight excluding hydrogens is 354 g/mol. The average molecular weight is 390 g/mol. The van der Waals surface area contributed by atoms with Crippen molar-refractivity contribution < 1.29 is 9.90 Å². The van der Waals surface area contributed by atoms with Crippen molar-refractivity contribution in [2.24, 2.45) is 4.99 Å². The summed E-state index contributed by atoms with van der Waals surface area (Å²) in [5.74, 6) is 0.970. The first-order valence-corrected chi connectivity index (χ1v) is 10.1. The number of aliphatic hydroxyl groups is 1. The molecule has 1 aliphatic heterocycles. The highest BCUT2D eigenvalue weighted by atomic mass is 16.3. The van der Waals surface area contributed by atoms with Crippen LogP contribution in [-0.4, -0.2) is 86.7 Å². The van der Waals surface area contributed by atoms with Gasteiger partial charge in [-0.05, 0) is 31.4 Å². The van der Waals surface area contributed by atoms with E-state index in [1.54, 1.807) is 11.9 Å². The van der Waals surface area contributed by atoms with Crippen LogP contribution in [0.3, 0.4) is 0 Å². The quantitative estimate of drug-likeness (QED) is 0.332. The summed E-state index contributed by atoms with van der Waals surface area (Å²) in [6.07, 6.45) is 2.98. The van der Waals surface area contributed by atoms with Crippen molar-refractivity contribution in [3.05, 3.63) is 35.9 Å². The minimum absolute atomic E-state index is 0.0298. The topological polar surface area (TPSA) is 80.2 Å². The number of carbonyl (C=O) groups excluding carboxylic acids is 1. The van der Waals surface area contributed by atoms with Crippen LogP contribution in [0.4, 0.5) is 0 Å². The molecule has 0 saturated carbocycles. The number of hydrogen-bond acceptors (Lipinski definition) is 4. The number of amides is 1. The van der Waals surface area contributed by atoms with E-state index in [0.717, 1.165) is 50.4 Å². The number of nitrogens with one attached hydrogen (secondary N) is 2. The molecular formula is C21H35N5O2. The van der Waals surface area contributed by atoms with E-state index in [9.17, 15) is 9.90 Å². The molecule has 1 aromatic rings. The molecule has 1 aliphatic rings. The number of likely N-dealkylation sites (tertiary alicyclic amines) is 1. The predicted molar refractivity (Wildman–Crippen MR) is 114 cm³/mol. The van der Waals surface area contributed by atoms with Crippen molar-refractivity contribution in [3.8, 4) is 0 Å². The van der Waals surface area contributed by atoms with Crippen LogP contribution in [0, 0.1) is 0 Å². The third-order valence-electron chi connectivity index (χ3n) is 5.23. The zero-order chi connectivity index (χ0) is 20.4. The van der Waals surface area contributed by atoms with Gasteiger partial charge in [-0.25, -0.2) is 0 Å². The van der Waals surface area contributed by atoms with E-state index in [1.165, 1.54) is 0 Å². The summed E-state index contributed by atoms with van der Waals surface area (Å²) >= 11 is 0. The fourth-order valence-electron chi connectivity index (χ4n) is 3.61. The summed E-state index contributed by atoms with van der Waals surface area (Å²) in [7, 11) is 5.40. The lowest BCUT2D eigenvalue weighted by molar-refractivity contribution is -0.133. The Labute approximate surface area is 168 Å². The molecule has 2 rings (SSSR count). The summed E-state index contributed by atoms with van der Waals surface area (Å²) in [5.41, 5.74) is 1.11. The summed E-state index contributed by atoms with van der Waals surface area (Å²) in [6, 6.07) is 10.0. The van der Waals surface area contributed by atoms with Gasteiger partial charge in [0.2, 0.25) is 5.91 Å². The molecule has 1 fully saturated rings. The number of rotatable bonds is 9. The Hall–Kier alpha value is -2.12. The van der Waals surface area contributed by atoms with Gasteiger partial charge in [0, 0.05) is 46.7 Å². The number of nitrogens with zero attached hydrogens (tertiary/aromatic N) is 3. The van der Waals surface area contributed by atoms with Crippen LogP contribution < -0.4 is 10.6 Å². The average Bonchev–Trinajstić information content (AvgIpc) is 3.18. The van der Waals surface area contributed by atoms with Crippen LogP contribution in [0.1, 0.15) is 30.7 Å². The van der Waals surface area contributed by atoms with E-state index in [1.807, 2.05) is 44.4 Å². The zero-order valence-corrected chi connectivity index (χ0v) is 17.4. The minimum atomic E-state index is 0.0298. The van der Waals surface area contributed by atoms with Crippen molar-refractivity contribution in [2.45, 2.75) is 31.2 Å². The molecule has 7 heteroatoms. The van der Waals surface area contributed by atoms with E-state index >= 15 is 0 Å². The van der Waals surface area contributed by atoms with Crippen molar-refractivity contribution in [2.75, 3.05) is 53.9 Å². The summed E-state index contributed by atoms with van der Waals surface area (Å²) in [4.78, 5) is 20.5. The smallest absolute Gasteiger partial charge is 0.239 e. The number of guanidine groups is 1. The van der Waals surface area contributed by atoms with Gasteiger partial charge in [-0.3, -0.25) is 14.7 Å². The van der Waals surface area contributed by atoms with Gasteiger partial charge in [0.15, 0.2) is 5.96 Å². The molecule has 0 bridgehead atoms. The second-order valence-electron chi connectivity index (χ2n) is 7.45. The molecule has 0 radical (unpaired) electrons. The molecule has 1 amide bonds. The van der Waals surface area contributed by atoms with Gasteiger partial charge < -0.3 is 20.6 Å². The number of hydrogen-bond donors (Lipinski definition) is 3. The van der Waals surface area contributed by atoms with Crippen LogP contribution in [0.15, 0.2) is 35.3 Å². The zero-order valence-electron chi connectivity index (χ0n) is 17.4. The maximum atomic E-state index is 12.3. The maximum absolute atomic E-state index is 12.3. The first-order chi connectivity index (χ1) is 13.6. The summed E-state index contributed by atoms with van der Waals surface area (Å²) in [6.45, 7) is 3.38. The molecule has 3 N–H and O–H groups in total. The van der Waals surface area contributed by atoms with E-state index in [-0.39, 0.29) is 24.5 Å². The first-order valence-electron chi connectivity index (χ1n) is 10.1. The summed E-state index contributed by atoms with van der Waals surface area (Å²) < 4.78 is 0. The Morgan fingerprint density at radius 3 is 2.71 bits per heavy atom. The van der Waals surface area contributed by atoms with Crippen molar-refractivity contribution >= 4 is 11.9 Å². The largest absolute Gasteiger partial charge is 0.396 e. The SMILES string of the molecule is CN=C(NCCCN1CCCC1C(=O)N(C)C)NCC(CO)c1ccccc1. The molecule has 2 unspecified atom stereocenters. The van der Waals surface area contributed by atoms with Crippen LogP contribution in [0.5, 0.6) is 0 Å². The number of carbonyl (C=O) groups is 1. The Morgan fingerprint density at radius 1 is 1.32 bits per heavy atom. The normalized spacial score (nSPS) is 18.7. The van der Waals surface area contributed by atoms with E-state index < -0.39 is 0 Å². The minimum Gasteiger partial charge on any atom is -0.396 e. The fraction of sp³-hybridized carbons (Fsp3) is 0.619. The molecule has 0 aromatic heterocycles.